The zero-order chi connectivity index (χ0) is 22.2. The molecule has 0 spiro atoms. The number of ether oxygens (including phenoxy) is 3. The number of fused-ring (bicyclic) bond motifs is 1. The van der Waals surface area contributed by atoms with Crippen molar-refractivity contribution in [2.45, 2.75) is 50.0 Å². The highest BCUT2D eigenvalue weighted by Crippen LogP contribution is 2.44. The largest absolute Gasteiger partial charge is 0.490 e. The van der Waals surface area contributed by atoms with Gasteiger partial charge in [0, 0.05) is 41.8 Å². The molecule has 0 aliphatic heterocycles. The van der Waals surface area contributed by atoms with Crippen molar-refractivity contribution in [3.8, 4) is 17.2 Å². The van der Waals surface area contributed by atoms with E-state index in [1.54, 1.807) is 12.3 Å². The molecule has 7 heteroatoms. The molecular weight excluding hydrogens is 414 g/mol. The highest BCUT2D eigenvalue weighted by atomic mass is 32.2. The summed E-state index contributed by atoms with van der Waals surface area (Å²) < 4.78 is 16.9. The Hall–Kier alpha value is -3.06. The van der Waals surface area contributed by atoms with Crippen molar-refractivity contribution in [1.82, 2.24) is 4.98 Å². The molecule has 3 rings (SSSR count). The predicted octanol–water partition coefficient (Wildman–Crippen LogP) is 5.81. The SMILES string of the molecule is CCCCCOc1cc(OC(C)=O)c2cc(Sc3ccccn3)ccc2c1OC(C)=O. The number of unbranched alkanes of at least 4 members (excludes halogenated alkanes) is 2. The summed E-state index contributed by atoms with van der Waals surface area (Å²) in [6.07, 6.45) is 4.69. The van der Waals surface area contributed by atoms with Crippen LogP contribution in [0, 0.1) is 0 Å². The molecule has 0 saturated carbocycles. The van der Waals surface area contributed by atoms with Crippen LogP contribution in [0.3, 0.4) is 0 Å². The molecule has 0 unspecified atom stereocenters. The molecule has 162 valence electrons. The Labute approximate surface area is 185 Å². The first-order valence-electron chi connectivity index (χ1n) is 10.2. The Morgan fingerprint density at radius 1 is 0.935 bits per heavy atom. The topological polar surface area (TPSA) is 74.7 Å². The molecule has 0 N–H and O–H groups in total. The summed E-state index contributed by atoms with van der Waals surface area (Å²) in [5, 5.41) is 2.12. The summed E-state index contributed by atoms with van der Waals surface area (Å²) in [5.41, 5.74) is 0. The maximum atomic E-state index is 11.8. The number of aromatic nitrogens is 1. The third kappa shape index (κ3) is 6.21. The first-order valence-corrected chi connectivity index (χ1v) is 11.0. The quantitative estimate of drug-likeness (QED) is 0.237. The molecule has 3 aromatic rings. The second-order valence-electron chi connectivity index (χ2n) is 6.92. The number of hydrogen-bond donors (Lipinski definition) is 0. The van der Waals surface area contributed by atoms with Crippen LogP contribution < -0.4 is 14.2 Å². The lowest BCUT2D eigenvalue weighted by Gasteiger charge is -2.17. The van der Waals surface area contributed by atoms with Crippen LogP contribution in [0.15, 0.2) is 58.6 Å². The van der Waals surface area contributed by atoms with Crippen molar-refractivity contribution < 1.29 is 23.8 Å². The fourth-order valence-electron chi connectivity index (χ4n) is 3.04. The molecule has 6 nitrogen and oxygen atoms in total. The van der Waals surface area contributed by atoms with Crippen LogP contribution in [0.5, 0.6) is 17.2 Å². The van der Waals surface area contributed by atoms with Gasteiger partial charge in [0.25, 0.3) is 0 Å². The Bertz CT molecular complexity index is 1070. The van der Waals surface area contributed by atoms with Gasteiger partial charge in [0.15, 0.2) is 11.5 Å². The highest BCUT2D eigenvalue weighted by Gasteiger charge is 2.19. The summed E-state index contributed by atoms with van der Waals surface area (Å²) in [7, 11) is 0. The molecule has 0 aliphatic carbocycles. The van der Waals surface area contributed by atoms with Gasteiger partial charge >= 0.3 is 11.9 Å². The van der Waals surface area contributed by atoms with Crippen LogP contribution in [0.1, 0.15) is 40.0 Å². The van der Waals surface area contributed by atoms with E-state index in [0.717, 1.165) is 29.2 Å². The van der Waals surface area contributed by atoms with Crippen LogP contribution >= 0.6 is 11.8 Å². The van der Waals surface area contributed by atoms with Crippen molar-refractivity contribution in [3.05, 3.63) is 48.7 Å². The smallest absolute Gasteiger partial charge is 0.308 e. The van der Waals surface area contributed by atoms with E-state index in [4.69, 9.17) is 14.2 Å². The number of hydrogen-bond acceptors (Lipinski definition) is 7. The molecule has 0 fully saturated rings. The van der Waals surface area contributed by atoms with Crippen LogP contribution in [-0.4, -0.2) is 23.5 Å². The third-order valence-electron chi connectivity index (χ3n) is 4.35. The molecule has 2 aromatic carbocycles. The first-order chi connectivity index (χ1) is 15.0. The lowest BCUT2D eigenvalue weighted by atomic mass is 10.1. The Morgan fingerprint density at radius 2 is 1.74 bits per heavy atom. The lowest BCUT2D eigenvalue weighted by molar-refractivity contribution is -0.133. The first kappa shape index (κ1) is 22.6. The van der Waals surface area contributed by atoms with Gasteiger partial charge in [0.05, 0.1) is 6.61 Å². The van der Waals surface area contributed by atoms with Gasteiger partial charge in [0.1, 0.15) is 10.8 Å². The van der Waals surface area contributed by atoms with Crippen molar-refractivity contribution in [3.63, 3.8) is 0 Å². The molecule has 1 heterocycles. The van der Waals surface area contributed by atoms with Crippen LogP contribution in [0.2, 0.25) is 0 Å². The number of benzene rings is 2. The molecule has 0 bridgehead atoms. The zero-order valence-corrected chi connectivity index (χ0v) is 18.7. The van der Waals surface area contributed by atoms with E-state index in [1.807, 2.05) is 36.4 Å². The van der Waals surface area contributed by atoms with E-state index < -0.39 is 11.9 Å². The second kappa shape index (κ2) is 10.8. The fraction of sp³-hybridized carbons (Fsp3) is 0.292. The van der Waals surface area contributed by atoms with Crippen molar-refractivity contribution in [2.24, 2.45) is 0 Å². The summed E-state index contributed by atoms with van der Waals surface area (Å²) in [4.78, 5) is 28.8. The van der Waals surface area contributed by atoms with Crippen LogP contribution in [0.25, 0.3) is 10.8 Å². The normalized spacial score (nSPS) is 10.7. The number of carbonyl (C=O) groups is 2. The summed E-state index contributed by atoms with van der Waals surface area (Å²) >= 11 is 1.48. The Balaban J connectivity index is 2.07. The van der Waals surface area contributed by atoms with Gasteiger partial charge in [-0.15, -0.1) is 0 Å². The third-order valence-corrected chi connectivity index (χ3v) is 5.29. The maximum absolute atomic E-state index is 11.8. The van der Waals surface area contributed by atoms with Crippen molar-refractivity contribution >= 4 is 34.5 Å². The molecule has 31 heavy (non-hydrogen) atoms. The molecule has 0 amide bonds. The van der Waals surface area contributed by atoms with Gasteiger partial charge in [-0.25, -0.2) is 4.98 Å². The molecule has 1 aromatic heterocycles. The van der Waals surface area contributed by atoms with Gasteiger partial charge in [-0.2, -0.15) is 0 Å². The zero-order valence-electron chi connectivity index (χ0n) is 17.8. The summed E-state index contributed by atoms with van der Waals surface area (Å²) in [6.45, 7) is 5.28. The second-order valence-corrected chi connectivity index (χ2v) is 8.02. The predicted molar refractivity (Wildman–Crippen MR) is 120 cm³/mol. The minimum Gasteiger partial charge on any atom is -0.490 e. The van der Waals surface area contributed by atoms with E-state index in [9.17, 15) is 9.59 Å². The number of pyridine rings is 1. The van der Waals surface area contributed by atoms with Crippen LogP contribution in [0.4, 0.5) is 0 Å². The number of esters is 2. The maximum Gasteiger partial charge on any atom is 0.308 e. The molecular formula is C24H25NO5S. The van der Waals surface area contributed by atoms with E-state index in [0.29, 0.717) is 34.6 Å². The van der Waals surface area contributed by atoms with Gasteiger partial charge in [0.2, 0.25) is 0 Å². The standard InChI is InChI=1S/C24H25NO5S/c1-4-5-8-13-28-22-15-21(29-16(2)26)20-14-18(31-23-9-6-7-12-25-23)10-11-19(20)24(22)30-17(3)27/h6-7,9-12,14-15H,4-5,8,13H2,1-3H3. The average molecular weight is 440 g/mol. The number of rotatable bonds is 9. The van der Waals surface area contributed by atoms with E-state index >= 15 is 0 Å². The van der Waals surface area contributed by atoms with Crippen LogP contribution in [-0.2, 0) is 9.59 Å². The van der Waals surface area contributed by atoms with E-state index in [1.165, 1.54) is 25.6 Å². The Kier molecular flexibility index (Phi) is 7.89. The van der Waals surface area contributed by atoms with Crippen molar-refractivity contribution in [2.75, 3.05) is 6.61 Å². The fourth-order valence-corrected chi connectivity index (χ4v) is 3.86. The molecule has 0 aliphatic rings. The monoisotopic (exact) mass is 439 g/mol. The average Bonchev–Trinajstić information content (AvgIpc) is 2.73. The van der Waals surface area contributed by atoms with Gasteiger partial charge in [-0.05, 0) is 36.8 Å². The lowest BCUT2D eigenvalue weighted by Crippen LogP contribution is -2.08. The molecule has 0 atom stereocenters. The molecule has 0 saturated heterocycles. The highest BCUT2D eigenvalue weighted by molar-refractivity contribution is 7.99. The van der Waals surface area contributed by atoms with Gasteiger partial charge in [-0.1, -0.05) is 37.6 Å². The number of carbonyl (C=O) groups excluding carboxylic acids is 2. The van der Waals surface area contributed by atoms with Crippen molar-refractivity contribution in [1.29, 1.82) is 0 Å². The minimum absolute atomic E-state index is 0.323. The summed E-state index contributed by atoms with van der Waals surface area (Å²) in [5.74, 6) is 0.157. The Morgan fingerprint density at radius 3 is 2.42 bits per heavy atom. The number of nitrogens with zero attached hydrogens (tertiary/aromatic N) is 1. The molecule has 0 radical (unpaired) electrons. The van der Waals surface area contributed by atoms with E-state index in [2.05, 4.69) is 11.9 Å². The van der Waals surface area contributed by atoms with Gasteiger partial charge < -0.3 is 14.2 Å². The minimum atomic E-state index is -0.452. The summed E-state index contributed by atoms with van der Waals surface area (Å²) in [6, 6.07) is 12.9. The van der Waals surface area contributed by atoms with Gasteiger partial charge in [-0.3, -0.25) is 9.59 Å². The van der Waals surface area contributed by atoms with E-state index in [-0.39, 0.29) is 0 Å².